The summed E-state index contributed by atoms with van der Waals surface area (Å²) >= 11 is 0. The second-order valence-electron chi connectivity index (χ2n) is 7.57. The third-order valence-corrected chi connectivity index (χ3v) is 5.20. The molecule has 3 aromatic carbocycles. The van der Waals surface area contributed by atoms with E-state index in [4.69, 9.17) is 9.47 Å². The van der Waals surface area contributed by atoms with Gasteiger partial charge in [-0.15, -0.1) is 0 Å². The van der Waals surface area contributed by atoms with Crippen LogP contribution in [-0.4, -0.2) is 43.2 Å². The van der Waals surface area contributed by atoms with Crippen molar-refractivity contribution >= 4 is 28.3 Å². The fourth-order valence-corrected chi connectivity index (χ4v) is 3.53. The van der Waals surface area contributed by atoms with Gasteiger partial charge in [0.25, 0.3) is 5.91 Å². The van der Waals surface area contributed by atoms with E-state index in [-0.39, 0.29) is 5.91 Å². The Morgan fingerprint density at radius 1 is 0.968 bits per heavy atom. The number of nitrogens with one attached hydrogen (secondary N) is 2. The molecule has 0 bridgehead atoms. The minimum absolute atomic E-state index is 0.213. The molecule has 2 heterocycles. The van der Waals surface area contributed by atoms with Gasteiger partial charge in [-0.3, -0.25) is 4.79 Å². The summed E-state index contributed by atoms with van der Waals surface area (Å²) in [5, 5.41) is 2.94. The summed E-state index contributed by atoms with van der Waals surface area (Å²) in [5.74, 6) is 1.83. The van der Waals surface area contributed by atoms with Crippen LogP contribution < -0.4 is 19.7 Å². The number of amides is 1. The van der Waals surface area contributed by atoms with Crippen molar-refractivity contribution in [2.45, 2.75) is 0 Å². The molecule has 0 fully saturated rings. The van der Waals surface area contributed by atoms with Crippen molar-refractivity contribution in [1.82, 2.24) is 9.97 Å². The van der Waals surface area contributed by atoms with Crippen molar-refractivity contribution in [1.29, 1.82) is 0 Å². The van der Waals surface area contributed by atoms with Gasteiger partial charge < -0.3 is 24.7 Å². The monoisotopic (exact) mass is 414 g/mol. The largest absolute Gasteiger partial charge is 0.486 e. The molecule has 1 amide bonds. The summed E-state index contributed by atoms with van der Waals surface area (Å²) in [6.45, 7) is 0.999. The highest BCUT2D eigenvalue weighted by Crippen LogP contribution is 2.31. The fraction of sp³-hybridized carbons (Fsp3) is 0.167. The zero-order valence-corrected chi connectivity index (χ0v) is 17.3. The van der Waals surface area contributed by atoms with E-state index in [1.165, 1.54) is 0 Å². The maximum absolute atomic E-state index is 12.7. The number of aromatic nitrogens is 2. The number of anilines is 2. The number of hydrogen-bond acceptors (Lipinski definition) is 5. The lowest BCUT2D eigenvalue weighted by Gasteiger charge is -2.18. The zero-order chi connectivity index (χ0) is 21.4. The Morgan fingerprint density at radius 2 is 1.74 bits per heavy atom. The number of rotatable bonds is 4. The SMILES string of the molecule is CN(C)c1ccc(-c2nc3ccc(NC(=O)c4ccc5c(c4)OCCO5)cc3[nH]2)cc1. The Bertz CT molecular complexity index is 1260. The highest BCUT2D eigenvalue weighted by molar-refractivity contribution is 6.05. The first-order chi connectivity index (χ1) is 15.1. The number of H-pyrrole nitrogens is 1. The predicted molar refractivity (Wildman–Crippen MR) is 121 cm³/mol. The molecule has 1 aromatic heterocycles. The maximum Gasteiger partial charge on any atom is 0.255 e. The van der Waals surface area contributed by atoms with Crippen LogP contribution in [0.4, 0.5) is 11.4 Å². The number of carbonyl (C=O) groups is 1. The number of carbonyl (C=O) groups excluding carboxylic acids is 1. The van der Waals surface area contributed by atoms with Crippen LogP contribution in [0.5, 0.6) is 11.5 Å². The molecule has 0 spiro atoms. The van der Waals surface area contributed by atoms with Crippen molar-refractivity contribution in [2.24, 2.45) is 0 Å². The molecule has 31 heavy (non-hydrogen) atoms. The van der Waals surface area contributed by atoms with Crippen LogP contribution in [0.3, 0.4) is 0 Å². The number of ether oxygens (including phenoxy) is 2. The van der Waals surface area contributed by atoms with E-state index >= 15 is 0 Å². The van der Waals surface area contributed by atoms with Gasteiger partial charge in [0.15, 0.2) is 11.5 Å². The summed E-state index contributed by atoms with van der Waals surface area (Å²) in [6, 6.07) is 19.0. The third kappa shape index (κ3) is 3.77. The molecule has 0 saturated carbocycles. The average Bonchev–Trinajstić information content (AvgIpc) is 3.22. The fourth-order valence-electron chi connectivity index (χ4n) is 3.53. The van der Waals surface area contributed by atoms with Gasteiger partial charge >= 0.3 is 0 Å². The smallest absolute Gasteiger partial charge is 0.255 e. The molecule has 1 aliphatic heterocycles. The van der Waals surface area contributed by atoms with E-state index in [1.807, 2.05) is 44.4 Å². The topological polar surface area (TPSA) is 79.5 Å². The first-order valence-corrected chi connectivity index (χ1v) is 10.1. The van der Waals surface area contributed by atoms with Crippen LogP contribution >= 0.6 is 0 Å². The normalized spacial score (nSPS) is 12.6. The summed E-state index contributed by atoms with van der Waals surface area (Å²) in [4.78, 5) is 22.8. The number of hydrogen-bond donors (Lipinski definition) is 2. The molecule has 0 unspecified atom stereocenters. The third-order valence-electron chi connectivity index (χ3n) is 5.20. The molecule has 2 N–H and O–H groups in total. The summed E-state index contributed by atoms with van der Waals surface area (Å²) in [7, 11) is 4.02. The van der Waals surface area contributed by atoms with Gasteiger partial charge in [0.1, 0.15) is 19.0 Å². The van der Waals surface area contributed by atoms with Gasteiger partial charge in [0.05, 0.1) is 11.0 Å². The van der Waals surface area contributed by atoms with Crippen molar-refractivity contribution in [2.75, 3.05) is 37.5 Å². The van der Waals surface area contributed by atoms with Crippen LogP contribution in [0.25, 0.3) is 22.4 Å². The first-order valence-electron chi connectivity index (χ1n) is 10.1. The van der Waals surface area contributed by atoms with Crippen LogP contribution in [0.15, 0.2) is 60.7 Å². The maximum atomic E-state index is 12.7. The van der Waals surface area contributed by atoms with Gasteiger partial charge in [-0.25, -0.2) is 4.98 Å². The molecular formula is C24H22N4O3. The van der Waals surface area contributed by atoms with E-state index in [2.05, 4.69) is 32.3 Å². The minimum atomic E-state index is -0.213. The second-order valence-corrected chi connectivity index (χ2v) is 7.57. The standard InChI is InChI=1S/C24H22N4O3/c1-28(2)18-7-3-15(4-8-18)23-26-19-9-6-17(14-20(19)27-23)25-24(29)16-5-10-21-22(13-16)31-12-11-30-21/h3-10,13-14H,11-12H2,1-2H3,(H,25,29)(H,26,27). The average molecular weight is 414 g/mol. The summed E-state index contributed by atoms with van der Waals surface area (Å²) in [6.07, 6.45) is 0. The van der Waals surface area contributed by atoms with Gasteiger partial charge in [-0.2, -0.15) is 0 Å². The molecule has 156 valence electrons. The molecule has 5 rings (SSSR count). The lowest BCUT2D eigenvalue weighted by molar-refractivity contribution is 0.102. The zero-order valence-electron chi connectivity index (χ0n) is 17.3. The van der Waals surface area contributed by atoms with E-state index in [0.29, 0.717) is 36.0 Å². The Kier molecular flexibility index (Phi) is 4.71. The quantitative estimate of drug-likeness (QED) is 0.520. The Balaban J connectivity index is 1.37. The molecule has 0 saturated heterocycles. The molecule has 1 aliphatic rings. The van der Waals surface area contributed by atoms with Crippen LogP contribution in [-0.2, 0) is 0 Å². The Labute approximate surface area is 179 Å². The molecule has 0 aliphatic carbocycles. The number of aromatic amines is 1. The highest BCUT2D eigenvalue weighted by Gasteiger charge is 2.15. The number of benzene rings is 3. The van der Waals surface area contributed by atoms with Crippen LogP contribution in [0, 0.1) is 0 Å². The van der Waals surface area contributed by atoms with Gasteiger partial charge in [0.2, 0.25) is 0 Å². The molecule has 7 heteroatoms. The second kappa shape index (κ2) is 7.68. The van der Waals surface area contributed by atoms with Crippen molar-refractivity contribution in [3.8, 4) is 22.9 Å². The Morgan fingerprint density at radius 3 is 2.52 bits per heavy atom. The molecule has 0 radical (unpaired) electrons. The highest BCUT2D eigenvalue weighted by atomic mass is 16.6. The van der Waals surface area contributed by atoms with Crippen LogP contribution in [0.2, 0.25) is 0 Å². The molecule has 0 atom stereocenters. The van der Waals surface area contributed by atoms with E-state index in [9.17, 15) is 4.79 Å². The number of nitrogens with zero attached hydrogens (tertiary/aromatic N) is 2. The first kappa shape index (κ1) is 19.0. The lowest BCUT2D eigenvalue weighted by atomic mass is 10.1. The summed E-state index contributed by atoms with van der Waals surface area (Å²) < 4.78 is 11.1. The number of fused-ring (bicyclic) bond motifs is 2. The van der Waals surface area contributed by atoms with Gasteiger partial charge in [-0.1, -0.05) is 0 Å². The molecule has 7 nitrogen and oxygen atoms in total. The van der Waals surface area contributed by atoms with Gasteiger partial charge in [-0.05, 0) is 60.7 Å². The molecule has 4 aromatic rings. The van der Waals surface area contributed by atoms with E-state index in [1.54, 1.807) is 18.2 Å². The lowest BCUT2D eigenvalue weighted by Crippen LogP contribution is -2.17. The van der Waals surface area contributed by atoms with Crippen LogP contribution in [0.1, 0.15) is 10.4 Å². The molecular weight excluding hydrogens is 392 g/mol. The summed E-state index contributed by atoms with van der Waals surface area (Å²) in [5.41, 5.74) is 5.02. The Hall–Kier alpha value is -4.00. The van der Waals surface area contributed by atoms with E-state index < -0.39 is 0 Å². The van der Waals surface area contributed by atoms with Crippen molar-refractivity contribution < 1.29 is 14.3 Å². The number of imidazole rings is 1. The minimum Gasteiger partial charge on any atom is -0.486 e. The predicted octanol–water partition coefficient (Wildman–Crippen LogP) is 4.32. The van der Waals surface area contributed by atoms with Crippen molar-refractivity contribution in [3.63, 3.8) is 0 Å². The van der Waals surface area contributed by atoms with E-state index in [0.717, 1.165) is 28.1 Å². The van der Waals surface area contributed by atoms with Gasteiger partial charge in [0, 0.05) is 36.6 Å². The van der Waals surface area contributed by atoms with Crippen molar-refractivity contribution in [3.05, 3.63) is 66.2 Å².